The Morgan fingerprint density at radius 2 is 1.76 bits per heavy atom. The molecule has 3 N–H and O–H groups in total. The molecule has 128 valence electrons. The first-order valence-corrected chi connectivity index (χ1v) is 8.85. The van der Waals surface area contributed by atoms with Crippen LogP contribution in [0.4, 0.5) is 0 Å². The minimum absolute atomic E-state index is 0.0156. The van der Waals surface area contributed by atoms with Gasteiger partial charge in [0.1, 0.15) is 0 Å². The zero-order valence-corrected chi connectivity index (χ0v) is 15.3. The minimum atomic E-state index is -0.388. The lowest BCUT2D eigenvalue weighted by molar-refractivity contribution is -0.117. The molecule has 0 unspecified atom stereocenters. The lowest BCUT2D eigenvalue weighted by atomic mass is 10.1. The minimum Gasteiger partial charge on any atom is -0.369 e. The van der Waals surface area contributed by atoms with Crippen LogP contribution in [0.5, 0.6) is 0 Å². The number of H-pyrrole nitrogens is 1. The molecule has 1 amide bonds. The normalized spacial score (nSPS) is 11.0. The topological polar surface area (TPSA) is 75.9 Å². The van der Waals surface area contributed by atoms with Crippen molar-refractivity contribution in [3.8, 4) is 0 Å². The zero-order valence-electron chi connectivity index (χ0n) is 14.5. The summed E-state index contributed by atoms with van der Waals surface area (Å²) in [4.78, 5) is 28.5. The van der Waals surface area contributed by atoms with E-state index in [0.717, 1.165) is 26.4 Å². The molecule has 0 atom stereocenters. The monoisotopic (exact) mass is 352 g/mol. The number of benzene rings is 2. The maximum atomic E-state index is 11.7. The molecule has 0 bridgehead atoms. The first kappa shape index (κ1) is 17.3. The van der Waals surface area contributed by atoms with Crippen molar-refractivity contribution in [1.82, 2.24) is 4.98 Å². The van der Waals surface area contributed by atoms with E-state index in [9.17, 15) is 9.59 Å². The van der Waals surface area contributed by atoms with Crippen molar-refractivity contribution in [3.05, 3.63) is 58.8 Å². The number of nitrogens with two attached hydrogens (primary N) is 1. The lowest BCUT2D eigenvalue weighted by Crippen LogP contribution is -2.14. The maximum Gasteiger partial charge on any atom is 0.223 e. The predicted molar refractivity (Wildman–Crippen MR) is 101 cm³/mol. The molecule has 0 aliphatic heterocycles. The Morgan fingerprint density at radius 3 is 2.36 bits per heavy atom. The molecule has 0 fully saturated rings. The highest BCUT2D eigenvalue weighted by molar-refractivity contribution is 7.99. The molecule has 0 aliphatic carbocycles. The highest BCUT2D eigenvalue weighted by atomic mass is 32.2. The average molecular weight is 352 g/mol. The second-order valence-electron chi connectivity index (χ2n) is 6.32. The van der Waals surface area contributed by atoms with E-state index < -0.39 is 0 Å². The molecule has 25 heavy (non-hydrogen) atoms. The van der Waals surface area contributed by atoms with E-state index in [4.69, 9.17) is 5.73 Å². The first-order valence-electron chi connectivity index (χ1n) is 8.03. The summed E-state index contributed by atoms with van der Waals surface area (Å²) in [5.74, 6) is -0.373. The van der Waals surface area contributed by atoms with Gasteiger partial charge in [-0.15, -0.1) is 0 Å². The third-order valence-electron chi connectivity index (χ3n) is 4.00. The Bertz CT molecular complexity index is 969. The average Bonchev–Trinajstić information content (AvgIpc) is 2.82. The summed E-state index contributed by atoms with van der Waals surface area (Å²) in [5.41, 5.74) is 10.1. The number of fused-ring (bicyclic) bond motifs is 1. The van der Waals surface area contributed by atoms with Gasteiger partial charge in [0.2, 0.25) is 5.91 Å². The molecule has 0 spiro atoms. The quantitative estimate of drug-likeness (QED) is 0.677. The summed E-state index contributed by atoms with van der Waals surface area (Å²) in [6, 6.07) is 11.9. The summed E-state index contributed by atoms with van der Waals surface area (Å²) in [6.07, 6.45) is 0.136. The van der Waals surface area contributed by atoms with Crippen LogP contribution in [0.2, 0.25) is 0 Å². The number of nitrogens with one attached hydrogen (secondary N) is 1. The lowest BCUT2D eigenvalue weighted by Gasteiger charge is -2.07. The fourth-order valence-corrected chi connectivity index (χ4v) is 4.22. The SMILES string of the molecule is CC(=O)c1ccc2[nH]c(CC(N)=O)c(Sc3cc(C)cc(C)c3)c2c1. The maximum absolute atomic E-state index is 11.7. The molecule has 0 radical (unpaired) electrons. The van der Waals surface area contributed by atoms with Gasteiger partial charge in [-0.2, -0.15) is 0 Å². The van der Waals surface area contributed by atoms with Crippen LogP contribution in [0.15, 0.2) is 46.2 Å². The molecule has 1 heterocycles. The van der Waals surface area contributed by atoms with Gasteiger partial charge in [0.15, 0.2) is 5.78 Å². The van der Waals surface area contributed by atoms with E-state index in [1.54, 1.807) is 24.8 Å². The highest BCUT2D eigenvalue weighted by Crippen LogP contribution is 2.38. The number of aromatic nitrogens is 1. The molecule has 3 aromatic rings. The van der Waals surface area contributed by atoms with Crippen molar-refractivity contribution in [3.63, 3.8) is 0 Å². The summed E-state index contributed by atoms with van der Waals surface area (Å²) < 4.78 is 0. The van der Waals surface area contributed by atoms with Gasteiger partial charge < -0.3 is 10.7 Å². The number of primary amides is 1. The van der Waals surface area contributed by atoms with Gasteiger partial charge in [-0.25, -0.2) is 0 Å². The molecule has 0 saturated carbocycles. The molecule has 4 nitrogen and oxygen atoms in total. The first-order chi connectivity index (χ1) is 11.8. The number of aromatic amines is 1. The van der Waals surface area contributed by atoms with Crippen LogP contribution in [-0.4, -0.2) is 16.7 Å². The van der Waals surface area contributed by atoms with Crippen LogP contribution >= 0.6 is 11.8 Å². The Labute approximate surface area is 150 Å². The van der Waals surface area contributed by atoms with Crippen molar-refractivity contribution < 1.29 is 9.59 Å². The molecule has 2 aromatic carbocycles. The van der Waals surface area contributed by atoms with Gasteiger partial charge in [0, 0.05) is 32.0 Å². The largest absolute Gasteiger partial charge is 0.369 e. The van der Waals surface area contributed by atoms with Crippen LogP contribution in [0.1, 0.15) is 34.1 Å². The van der Waals surface area contributed by atoms with E-state index in [0.29, 0.717) is 5.56 Å². The van der Waals surface area contributed by atoms with Crippen molar-refractivity contribution in [2.24, 2.45) is 5.73 Å². The molecule has 5 heteroatoms. The van der Waals surface area contributed by atoms with Gasteiger partial charge >= 0.3 is 0 Å². The fourth-order valence-electron chi connectivity index (χ4n) is 2.97. The summed E-state index contributed by atoms with van der Waals surface area (Å²) in [7, 11) is 0. The van der Waals surface area contributed by atoms with Gasteiger partial charge in [-0.1, -0.05) is 17.8 Å². The molecule has 0 saturated heterocycles. The number of ketones is 1. The molecule has 1 aromatic heterocycles. The van der Waals surface area contributed by atoms with Gasteiger partial charge in [0.05, 0.1) is 6.42 Å². The zero-order chi connectivity index (χ0) is 18.1. The predicted octanol–water partition coefficient (Wildman–Crippen LogP) is 4.17. The third kappa shape index (κ3) is 3.77. The standard InChI is InChI=1S/C20H20N2O2S/c1-11-6-12(2)8-15(7-11)25-20-16-9-14(13(3)23)4-5-17(16)22-18(20)10-19(21)24/h4-9,22H,10H2,1-3H3,(H2,21,24). The number of aryl methyl sites for hydroxylation is 2. The van der Waals surface area contributed by atoms with Crippen LogP contribution < -0.4 is 5.73 Å². The summed E-state index contributed by atoms with van der Waals surface area (Å²) >= 11 is 1.59. The Balaban J connectivity index is 2.16. The Hall–Kier alpha value is -2.53. The van der Waals surface area contributed by atoms with Crippen LogP contribution in [0.25, 0.3) is 10.9 Å². The number of hydrogen-bond donors (Lipinski definition) is 2. The Morgan fingerprint density at radius 1 is 1.08 bits per heavy atom. The third-order valence-corrected chi connectivity index (χ3v) is 5.14. The van der Waals surface area contributed by atoms with Gasteiger partial charge in [-0.05, 0) is 62.2 Å². The summed E-state index contributed by atoms with van der Waals surface area (Å²) in [5, 5.41) is 0.938. The number of hydrogen-bond acceptors (Lipinski definition) is 3. The highest BCUT2D eigenvalue weighted by Gasteiger charge is 2.16. The van der Waals surface area contributed by atoms with Crippen LogP contribution in [-0.2, 0) is 11.2 Å². The number of carbonyl (C=O) groups is 2. The van der Waals surface area contributed by atoms with Crippen LogP contribution in [0.3, 0.4) is 0 Å². The number of carbonyl (C=O) groups excluding carboxylic acids is 2. The van der Waals surface area contributed by atoms with E-state index >= 15 is 0 Å². The van der Waals surface area contributed by atoms with Crippen molar-refractivity contribution >= 4 is 34.4 Å². The number of Topliss-reactive ketones (excluding diaryl/α,β-unsaturated/α-hetero) is 1. The second kappa shape index (κ2) is 6.76. The van der Waals surface area contributed by atoms with Crippen molar-refractivity contribution in [2.75, 3.05) is 0 Å². The smallest absolute Gasteiger partial charge is 0.223 e. The van der Waals surface area contributed by atoms with Gasteiger partial charge in [0.25, 0.3) is 0 Å². The molecule has 3 rings (SSSR count). The number of amides is 1. The van der Waals surface area contributed by atoms with Gasteiger partial charge in [-0.3, -0.25) is 9.59 Å². The van der Waals surface area contributed by atoms with E-state index in [1.807, 2.05) is 12.1 Å². The molecule has 0 aliphatic rings. The van der Waals surface area contributed by atoms with Crippen molar-refractivity contribution in [2.45, 2.75) is 37.0 Å². The number of rotatable bonds is 5. The second-order valence-corrected chi connectivity index (χ2v) is 7.40. The summed E-state index contributed by atoms with van der Waals surface area (Å²) in [6.45, 7) is 5.67. The van der Waals surface area contributed by atoms with E-state index in [-0.39, 0.29) is 18.1 Å². The van der Waals surface area contributed by atoms with Crippen molar-refractivity contribution in [1.29, 1.82) is 0 Å². The Kier molecular flexibility index (Phi) is 4.68. The van der Waals surface area contributed by atoms with E-state index in [1.165, 1.54) is 11.1 Å². The molecular formula is C20H20N2O2S. The fraction of sp³-hybridized carbons (Fsp3) is 0.200. The molecular weight excluding hydrogens is 332 g/mol. The van der Waals surface area contributed by atoms with E-state index in [2.05, 4.69) is 37.0 Å². The van der Waals surface area contributed by atoms with Crippen LogP contribution in [0, 0.1) is 13.8 Å².